The molecule has 0 aromatic heterocycles. The molecule has 0 aliphatic carbocycles. The van der Waals surface area contributed by atoms with Gasteiger partial charge in [-0.05, 0) is 70.7 Å². The molecule has 20 heavy (non-hydrogen) atoms. The number of benzene rings is 2. The minimum Gasteiger partial charge on any atom is -0.493 e. The first-order valence-corrected chi connectivity index (χ1v) is 7.58. The van der Waals surface area contributed by atoms with E-state index in [1.165, 1.54) is 0 Å². The van der Waals surface area contributed by atoms with Gasteiger partial charge >= 0.3 is 0 Å². The van der Waals surface area contributed by atoms with Crippen LogP contribution in [-0.2, 0) is 6.42 Å². The van der Waals surface area contributed by atoms with Gasteiger partial charge in [-0.1, -0.05) is 11.6 Å². The second-order valence-electron chi connectivity index (χ2n) is 4.73. The number of ether oxygens (including phenoxy) is 1. The van der Waals surface area contributed by atoms with Crippen LogP contribution in [0.5, 0.6) is 5.75 Å². The van der Waals surface area contributed by atoms with Crippen LogP contribution in [0.2, 0.25) is 5.02 Å². The fourth-order valence-corrected chi connectivity index (χ4v) is 2.80. The highest BCUT2D eigenvalue weighted by Crippen LogP contribution is 2.28. The summed E-state index contributed by atoms with van der Waals surface area (Å²) in [7, 11) is 0. The standard InChI is InChI=1S/C16H12BrClO2/c17-13-9-12(3-5-14(13)18)16(19)11-4-6-15-10(8-11)2-1-7-20-15/h3-6,8-9H,1-2,7H2. The van der Waals surface area contributed by atoms with Gasteiger partial charge in [-0.15, -0.1) is 0 Å². The lowest BCUT2D eigenvalue weighted by Gasteiger charge is -2.17. The predicted octanol–water partition coefficient (Wildman–Crippen LogP) is 4.66. The summed E-state index contributed by atoms with van der Waals surface area (Å²) in [5, 5.41) is 0.598. The molecule has 0 radical (unpaired) electrons. The van der Waals surface area contributed by atoms with E-state index in [1.54, 1.807) is 18.2 Å². The summed E-state index contributed by atoms with van der Waals surface area (Å²) in [6, 6.07) is 10.8. The maximum Gasteiger partial charge on any atom is 0.193 e. The monoisotopic (exact) mass is 350 g/mol. The molecule has 3 rings (SSSR count). The van der Waals surface area contributed by atoms with E-state index < -0.39 is 0 Å². The Hall–Kier alpha value is -1.32. The lowest BCUT2D eigenvalue weighted by atomic mass is 9.98. The number of hydrogen-bond donors (Lipinski definition) is 0. The van der Waals surface area contributed by atoms with Crippen molar-refractivity contribution in [3.63, 3.8) is 0 Å². The summed E-state index contributed by atoms with van der Waals surface area (Å²) < 4.78 is 6.29. The van der Waals surface area contributed by atoms with Crippen molar-refractivity contribution in [1.29, 1.82) is 0 Å². The van der Waals surface area contributed by atoms with Crippen molar-refractivity contribution in [3.8, 4) is 5.75 Å². The molecule has 0 amide bonds. The lowest BCUT2D eigenvalue weighted by Crippen LogP contribution is -2.10. The Bertz CT molecular complexity index is 682. The van der Waals surface area contributed by atoms with Gasteiger partial charge in [0, 0.05) is 15.6 Å². The van der Waals surface area contributed by atoms with E-state index >= 15 is 0 Å². The average molecular weight is 352 g/mol. The molecular weight excluding hydrogens is 340 g/mol. The van der Waals surface area contributed by atoms with Crippen molar-refractivity contribution >= 4 is 33.3 Å². The van der Waals surface area contributed by atoms with E-state index in [0.29, 0.717) is 16.1 Å². The van der Waals surface area contributed by atoms with Crippen LogP contribution in [0, 0.1) is 0 Å². The second-order valence-corrected chi connectivity index (χ2v) is 5.99. The van der Waals surface area contributed by atoms with Crippen molar-refractivity contribution in [2.24, 2.45) is 0 Å². The van der Waals surface area contributed by atoms with E-state index in [0.717, 1.165) is 35.2 Å². The van der Waals surface area contributed by atoms with Crippen molar-refractivity contribution in [1.82, 2.24) is 0 Å². The zero-order valence-electron chi connectivity index (χ0n) is 10.7. The van der Waals surface area contributed by atoms with Crippen LogP contribution in [0.15, 0.2) is 40.9 Å². The number of aryl methyl sites for hydroxylation is 1. The topological polar surface area (TPSA) is 26.3 Å². The van der Waals surface area contributed by atoms with Gasteiger partial charge in [0.2, 0.25) is 0 Å². The smallest absolute Gasteiger partial charge is 0.193 e. The molecule has 1 aliphatic rings. The molecule has 2 aromatic rings. The first kappa shape index (κ1) is 13.7. The summed E-state index contributed by atoms with van der Waals surface area (Å²) in [6.07, 6.45) is 1.96. The van der Waals surface area contributed by atoms with Gasteiger partial charge in [-0.3, -0.25) is 4.79 Å². The highest BCUT2D eigenvalue weighted by molar-refractivity contribution is 9.10. The van der Waals surface area contributed by atoms with E-state index in [9.17, 15) is 4.79 Å². The SMILES string of the molecule is O=C(c1ccc(Cl)c(Br)c1)c1ccc2c(c1)CCCO2. The summed E-state index contributed by atoms with van der Waals surface area (Å²) in [5.74, 6) is 0.890. The Kier molecular flexibility index (Phi) is 3.81. The molecular formula is C16H12BrClO2. The predicted molar refractivity (Wildman–Crippen MR) is 82.8 cm³/mol. The Balaban J connectivity index is 1.95. The van der Waals surface area contributed by atoms with Gasteiger partial charge < -0.3 is 4.74 Å². The van der Waals surface area contributed by atoms with E-state index in [1.807, 2.05) is 18.2 Å². The molecule has 0 unspecified atom stereocenters. The normalized spacial score (nSPS) is 13.5. The molecule has 4 heteroatoms. The lowest BCUT2D eigenvalue weighted by molar-refractivity contribution is 0.103. The molecule has 1 aliphatic heterocycles. The van der Waals surface area contributed by atoms with Crippen molar-refractivity contribution < 1.29 is 9.53 Å². The molecule has 0 atom stereocenters. The Labute approximate surface area is 130 Å². The molecule has 0 spiro atoms. The Morgan fingerprint density at radius 2 is 1.90 bits per heavy atom. The van der Waals surface area contributed by atoms with E-state index in [2.05, 4.69) is 15.9 Å². The number of hydrogen-bond acceptors (Lipinski definition) is 2. The van der Waals surface area contributed by atoms with E-state index in [-0.39, 0.29) is 5.78 Å². The first-order valence-electron chi connectivity index (χ1n) is 6.40. The zero-order valence-corrected chi connectivity index (χ0v) is 13.0. The minimum atomic E-state index is -0.00394. The highest BCUT2D eigenvalue weighted by Gasteiger charge is 2.15. The van der Waals surface area contributed by atoms with Gasteiger partial charge in [0.25, 0.3) is 0 Å². The number of ketones is 1. The van der Waals surface area contributed by atoms with Crippen molar-refractivity contribution in [3.05, 3.63) is 62.6 Å². The van der Waals surface area contributed by atoms with E-state index in [4.69, 9.17) is 16.3 Å². The Morgan fingerprint density at radius 1 is 1.15 bits per heavy atom. The third-order valence-electron chi connectivity index (χ3n) is 3.35. The van der Waals surface area contributed by atoms with Crippen molar-refractivity contribution in [2.75, 3.05) is 6.61 Å². The maximum absolute atomic E-state index is 12.5. The Morgan fingerprint density at radius 3 is 2.70 bits per heavy atom. The number of carbonyl (C=O) groups is 1. The molecule has 0 bridgehead atoms. The summed E-state index contributed by atoms with van der Waals surface area (Å²) in [4.78, 5) is 12.5. The molecule has 0 saturated heterocycles. The van der Waals surface area contributed by atoms with Gasteiger partial charge in [-0.25, -0.2) is 0 Å². The fourth-order valence-electron chi connectivity index (χ4n) is 2.31. The molecule has 2 aromatic carbocycles. The van der Waals surface area contributed by atoms with Crippen molar-refractivity contribution in [2.45, 2.75) is 12.8 Å². The largest absolute Gasteiger partial charge is 0.493 e. The molecule has 0 saturated carbocycles. The second kappa shape index (κ2) is 5.58. The summed E-state index contributed by atoms with van der Waals surface area (Å²) in [5.41, 5.74) is 2.41. The summed E-state index contributed by atoms with van der Waals surface area (Å²) >= 11 is 9.29. The van der Waals surface area contributed by atoms with Crippen LogP contribution < -0.4 is 4.74 Å². The number of halogens is 2. The van der Waals surface area contributed by atoms with Crippen LogP contribution in [-0.4, -0.2) is 12.4 Å². The zero-order chi connectivity index (χ0) is 14.1. The van der Waals surface area contributed by atoms with Gasteiger partial charge in [0.1, 0.15) is 5.75 Å². The fraction of sp³-hybridized carbons (Fsp3) is 0.188. The van der Waals surface area contributed by atoms with Crippen LogP contribution >= 0.6 is 27.5 Å². The van der Waals surface area contributed by atoms with Crippen LogP contribution in [0.3, 0.4) is 0 Å². The summed E-state index contributed by atoms with van der Waals surface area (Å²) in [6.45, 7) is 0.754. The highest BCUT2D eigenvalue weighted by atomic mass is 79.9. The van der Waals surface area contributed by atoms with Crippen LogP contribution in [0.1, 0.15) is 27.9 Å². The molecule has 0 N–H and O–H groups in total. The first-order chi connectivity index (χ1) is 9.65. The van der Waals surface area contributed by atoms with Crippen LogP contribution in [0.25, 0.3) is 0 Å². The number of rotatable bonds is 2. The quantitative estimate of drug-likeness (QED) is 0.736. The third kappa shape index (κ3) is 2.60. The maximum atomic E-state index is 12.5. The van der Waals surface area contributed by atoms with Gasteiger partial charge in [-0.2, -0.15) is 0 Å². The molecule has 102 valence electrons. The average Bonchev–Trinajstić information content (AvgIpc) is 2.49. The molecule has 1 heterocycles. The molecule has 2 nitrogen and oxygen atoms in total. The third-order valence-corrected chi connectivity index (χ3v) is 4.57. The number of fused-ring (bicyclic) bond motifs is 1. The van der Waals surface area contributed by atoms with Crippen LogP contribution in [0.4, 0.5) is 0 Å². The van der Waals surface area contributed by atoms with Gasteiger partial charge in [0.05, 0.1) is 11.6 Å². The van der Waals surface area contributed by atoms with Gasteiger partial charge in [0.15, 0.2) is 5.78 Å². The number of carbonyl (C=O) groups excluding carboxylic acids is 1. The molecule has 0 fully saturated rings. The minimum absolute atomic E-state index is 0.00394.